The maximum absolute atomic E-state index is 12.8. The molecule has 0 aliphatic carbocycles. The van der Waals surface area contributed by atoms with Crippen molar-refractivity contribution in [3.8, 4) is 16.3 Å². The molecule has 1 N–H and O–H groups in total. The second-order valence-electron chi connectivity index (χ2n) is 6.75. The van der Waals surface area contributed by atoms with E-state index in [4.69, 9.17) is 27.9 Å². The van der Waals surface area contributed by atoms with Gasteiger partial charge >= 0.3 is 0 Å². The molecule has 1 aliphatic rings. The smallest absolute Gasteiger partial charge is 0.267 e. The van der Waals surface area contributed by atoms with Gasteiger partial charge in [-0.2, -0.15) is 0 Å². The largest absolute Gasteiger partial charge is 0.478 e. The Labute approximate surface area is 192 Å². The van der Waals surface area contributed by atoms with E-state index in [1.807, 2.05) is 12.1 Å². The second kappa shape index (κ2) is 8.62. The maximum Gasteiger partial charge on any atom is 0.267 e. The van der Waals surface area contributed by atoms with Crippen LogP contribution in [0, 0.1) is 0 Å². The third kappa shape index (κ3) is 4.93. The van der Waals surface area contributed by atoms with E-state index in [-0.39, 0.29) is 18.7 Å². The molecule has 2 heterocycles. The molecule has 3 aromatic rings. The van der Waals surface area contributed by atoms with Crippen molar-refractivity contribution in [3.05, 3.63) is 52.5 Å². The van der Waals surface area contributed by atoms with Crippen molar-refractivity contribution in [1.29, 1.82) is 0 Å². The molecular formula is C19H16Cl2N4O4S2. The second-order valence-corrected chi connectivity index (χ2v) is 10.5. The highest BCUT2D eigenvalue weighted by atomic mass is 35.5. The molecule has 8 nitrogen and oxygen atoms in total. The van der Waals surface area contributed by atoms with Crippen molar-refractivity contribution in [2.75, 3.05) is 22.4 Å². The number of hydrogen-bond acceptors (Lipinski definition) is 7. The van der Waals surface area contributed by atoms with Gasteiger partial charge in [0.1, 0.15) is 10.8 Å². The first-order chi connectivity index (χ1) is 14.7. The minimum absolute atomic E-state index is 0.0659. The van der Waals surface area contributed by atoms with E-state index in [0.717, 1.165) is 11.8 Å². The molecule has 12 heteroatoms. The lowest BCUT2D eigenvalue weighted by Crippen LogP contribution is -2.35. The number of aromatic nitrogens is 2. The topological polar surface area (TPSA) is 101 Å². The van der Waals surface area contributed by atoms with Gasteiger partial charge in [-0.15, -0.1) is 10.2 Å². The zero-order chi connectivity index (χ0) is 22.2. The molecule has 0 spiro atoms. The van der Waals surface area contributed by atoms with Gasteiger partial charge in [0.05, 0.1) is 11.9 Å². The molecule has 1 atom stereocenters. The zero-order valence-electron chi connectivity index (χ0n) is 16.1. The number of carbonyl (C=O) groups excluding carboxylic acids is 1. The summed E-state index contributed by atoms with van der Waals surface area (Å²) >= 11 is 13.1. The summed E-state index contributed by atoms with van der Waals surface area (Å²) < 4.78 is 31.5. The van der Waals surface area contributed by atoms with Crippen LogP contribution in [0.5, 0.6) is 5.75 Å². The zero-order valence-corrected chi connectivity index (χ0v) is 19.2. The van der Waals surface area contributed by atoms with Crippen LogP contribution in [-0.2, 0) is 14.8 Å². The minimum Gasteiger partial charge on any atom is -0.478 e. The monoisotopic (exact) mass is 498 g/mol. The molecule has 1 amide bonds. The maximum atomic E-state index is 12.8. The van der Waals surface area contributed by atoms with Crippen molar-refractivity contribution < 1.29 is 17.9 Å². The van der Waals surface area contributed by atoms with Crippen molar-refractivity contribution >= 4 is 61.3 Å². The lowest BCUT2D eigenvalue weighted by molar-refractivity contribution is -0.122. The first-order valence-corrected chi connectivity index (χ1v) is 12.5. The molecule has 2 aromatic carbocycles. The number of sulfonamides is 1. The van der Waals surface area contributed by atoms with Gasteiger partial charge in [-0.25, -0.2) is 8.42 Å². The number of nitrogens with one attached hydrogen (secondary N) is 1. The number of carbonyl (C=O) groups is 1. The fourth-order valence-electron chi connectivity index (χ4n) is 3.05. The standard InChI is InChI=1S/C19H16Cl2N4O4S2/c1-31(27,28)25-9-8-16(29-15-7-6-13(21)10-14(15)25)17(26)22-19-24-23-18(30-19)11-2-4-12(20)5-3-11/h2-7,10,16H,8-9H2,1H3,(H,22,24,26)/t16-/m0/s1. The quantitative estimate of drug-likeness (QED) is 0.581. The first kappa shape index (κ1) is 21.8. The highest BCUT2D eigenvalue weighted by Crippen LogP contribution is 2.36. The van der Waals surface area contributed by atoms with E-state index >= 15 is 0 Å². The molecule has 1 aromatic heterocycles. The highest BCUT2D eigenvalue weighted by molar-refractivity contribution is 7.92. The Bertz CT molecular complexity index is 1230. The number of benzene rings is 2. The van der Waals surface area contributed by atoms with Crippen LogP contribution in [0.4, 0.5) is 10.8 Å². The van der Waals surface area contributed by atoms with E-state index in [1.165, 1.54) is 21.7 Å². The number of hydrogen-bond donors (Lipinski definition) is 1. The van der Waals surface area contributed by atoms with Crippen LogP contribution >= 0.6 is 34.5 Å². The van der Waals surface area contributed by atoms with Gasteiger partial charge in [-0.3, -0.25) is 14.4 Å². The Kier molecular flexibility index (Phi) is 6.07. The summed E-state index contributed by atoms with van der Waals surface area (Å²) in [6.07, 6.45) is 0.320. The van der Waals surface area contributed by atoms with Crippen LogP contribution in [0.3, 0.4) is 0 Å². The predicted octanol–water partition coefficient (Wildman–Crippen LogP) is 4.07. The summed E-state index contributed by atoms with van der Waals surface area (Å²) in [5.74, 6) is -0.193. The van der Waals surface area contributed by atoms with Crippen LogP contribution in [0.25, 0.3) is 10.6 Å². The fraction of sp³-hybridized carbons (Fsp3) is 0.211. The molecule has 162 valence electrons. The summed E-state index contributed by atoms with van der Waals surface area (Å²) in [5, 5.41) is 12.7. The number of amides is 1. The van der Waals surface area contributed by atoms with Crippen LogP contribution < -0.4 is 14.4 Å². The molecule has 1 aliphatic heterocycles. The van der Waals surface area contributed by atoms with Crippen molar-refractivity contribution in [2.45, 2.75) is 12.5 Å². The third-order valence-corrected chi connectivity index (χ3v) is 7.05. The number of rotatable bonds is 4. The third-order valence-electron chi connectivity index (χ3n) is 4.49. The van der Waals surface area contributed by atoms with Gasteiger partial charge < -0.3 is 4.74 Å². The predicted molar refractivity (Wildman–Crippen MR) is 122 cm³/mol. The average Bonchev–Trinajstić information content (AvgIpc) is 3.07. The Morgan fingerprint density at radius 2 is 1.87 bits per heavy atom. The van der Waals surface area contributed by atoms with Gasteiger partial charge in [0.15, 0.2) is 6.10 Å². The summed E-state index contributed by atoms with van der Waals surface area (Å²) in [4.78, 5) is 12.8. The Morgan fingerprint density at radius 3 is 2.58 bits per heavy atom. The molecule has 0 saturated heterocycles. The van der Waals surface area contributed by atoms with E-state index < -0.39 is 22.0 Å². The van der Waals surface area contributed by atoms with Crippen LogP contribution in [0.1, 0.15) is 6.42 Å². The highest BCUT2D eigenvalue weighted by Gasteiger charge is 2.32. The van der Waals surface area contributed by atoms with Gasteiger partial charge in [-0.05, 0) is 30.3 Å². The van der Waals surface area contributed by atoms with Gasteiger partial charge in [0.2, 0.25) is 15.2 Å². The Hall–Kier alpha value is -2.40. The number of halogens is 2. The normalized spacial score (nSPS) is 16.2. The molecule has 0 bridgehead atoms. The van der Waals surface area contributed by atoms with Crippen LogP contribution in [0.15, 0.2) is 42.5 Å². The molecule has 31 heavy (non-hydrogen) atoms. The molecule has 0 radical (unpaired) electrons. The summed E-state index contributed by atoms with van der Waals surface area (Å²) in [5.41, 5.74) is 1.12. The van der Waals surface area contributed by atoms with Gasteiger partial charge in [-0.1, -0.05) is 46.7 Å². The van der Waals surface area contributed by atoms with Crippen molar-refractivity contribution in [1.82, 2.24) is 10.2 Å². The number of ether oxygens (including phenoxy) is 1. The van der Waals surface area contributed by atoms with E-state index in [1.54, 1.807) is 24.3 Å². The van der Waals surface area contributed by atoms with Gasteiger partial charge in [0.25, 0.3) is 5.91 Å². The SMILES string of the molecule is CS(=O)(=O)N1CC[C@@H](C(=O)Nc2nnc(-c3ccc(Cl)cc3)s2)Oc2ccc(Cl)cc21. The number of anilines is 2. The summed E-state index contributed by atoms with van der Waals surface area (Å²) in [7, 11) is -3.58. The Morgan fingerprint density at radius 1 is 1.16 bits per heavy atom. The minimum atomic E-state index is -3.58. The van der Waals surface area contributed by atoms with Crippen LogP contribution in [-0.4, -0.2) is 43.4 Å². The lowest BCUT2D eigenvalue weighted by atomic mass is 10.2. The summed E-state index contributed by atoms with van der Waals surface area (Å²) in [6.45, 7) is 0.0659. The fourth-order valence-corrected chi connectivity index (χ4v) is 5.03. The number of fused-ring (bicyclic) bond motifs is 1. The summed E-state index contributed by atoms with van der Waals surface area (Å²) in [6, 6.07) is 11.7. The molecule has 0 unspecified atom stereocenters. The average molecular weight is 499 g/mol. The van der Waals surface area contributed by atoms with E-state index in [2.05, 4.69) is 15.5 Å². The Balaban J connectivity index is 1.53. The first-order valence-electron chi connectivity index (χ1n) is 9.05. The van der Waals surface area contributed by atoms with E-state index in [9.17, 15) is 13.2 Å². The molecular weight excluding hydrogens is 483 g/mol. The molecule has 0 saturated carbocycles. The van der Waals surface area contributed by atoms with Gasteiger partial charge in [0, 0.05) is 28.6 Å². The molecule has 0 fully saturated rings. The lowest BCUT2D eigenvalue weighted by Gasteiger charge is -2.21. The number of nitrogens with zero attached hydrogens (tertiary/aromatic N) is 3. The van der Waals surface area contributed by atoms with Crippen molar-refractivity contribution in [3.63, 3.8) is 0 Å². The molecule has 4 rings (SSSR count). The van der Waals surface area contributed by atoms with Crippen LogP contribution in [0.2, 0.25) is 10.0 Å². The van der Waals surface area contributed by atoms with Crippen molar-refractivity contribution in [2.24, 2.45) is 0 Å². The van der Waals surface area contributed by atoms with E-state index in [0.29, 0.717) is 25.9 Å².